The number of carboxylic acids is 1. The number of carboxylic acid groups (broad SMARTS) is 1. The van der Waals surface area contributed by atoms with Crippen LogP contribution in [0, 0.1) is 0 Å². The van der Waals surface area contributed by atoms with Crippen LogP contribution in [0.5, 0.6) is 0 Å². The monoisotopic (exact) mass is 240 g/mol. The molecule has 94 valence electrons. The number of imidazole rings is 1. The minimum atomic E-state index is -1.03. The molecular weight excluding hydrogens is 224 g/mol. The summed E-state index contributed by atoms with van der Waals surface area (Å²) in [5, 5.41) is 11.2. The van der Waals surface area contributed by atoms with E-state index >= 15 is 0 Å². The predicted octanol–water partition coefficient (Wildman–Crippen LogP) is -0.658. The van der Waals surface area contributed by atoms with E-state index in [1.54, 1.807) is 11.6 Å². The van der Waals surface area contributed by atoms with Crippen LogP contribution in [0.15, 0.2) is 12.5 Å². The average molecular weight is 240 g/mol. The highest BCUT2D eigenvalue weighted by Crippen LogP contribution is 1.97. The van der Waals surface area contributed by atoms with Gasteiger partial charge in [0, 0.05) is 13.6 Å². The summed E-state index contributed by atoms with van der Waals surface area (Å²) in [5.74, 6) is -1.25. The summed E-state index contributed by atoms with van der Waals surface area (Å²) in [6, 6.07) is -0.872. The van der Waals surface area contributed by atoms with Crippen LogP contribution < -0.4 is 11.1 Å². The van der Waals surface area contributed by atoms with Crippen LogP contribution in [0.4, 0.5) is 0 Å². The van der Waals surface area contributed by atoms with E-state index in [4.69, 9.17) is 10.8 Å². The van der Waals surface area contributed by atoms with Gasteiger partial charge in [-0.2, -0.15) is 0 Å². The first-order chi connectivity index (χ1) is 8.02. The van der Waals surface area contributed by atoms with Crippen molar-refractivity contribution in [2.24, 2.45) is 12.8 Å². The zero-order valence-electron chi connectivity index (χ0n) is 9.59. The first kappa shape index (κ1) is 13.2. The minimum absolute atomic E-state index is 0.228. The average Bonchev–Trinajstić information content (AvgIpc) is 2.70. The summed E-state index contributed by atoms with van der Waals surface area (Å²) in [6.45, 7) is 0.394. The van der Waals surface area contributed by atoms with E-state index in [0.29, 0.717) is 25.1 Å². The lowest BCUT2D eigenvalue weighted by atomic mass is 10.2. The van der Waals surface area contributed by atoms with E-state index < -0.39 is 12.0 Å². The predicted molar refractivity (Wildman–Crippen MR) is 60.4 cm³/mol. The van der Waals surface area contributed by atoms with Crippen molar-refractivity contribution in [2.75, 3.05) is 6.54 Å². The van der Waals surface area contributed by atoms with Gasteiger partial charge >= 0.3 is 5.97 Å². The number of nitrogens with two attached hydrogens (primary N) is 1. The molecule has 0 saturated heterocycles. The zero-order valence-corrected chi connectivity index (χ0v) is 9.59. The van der Waals surface area contributed by atoms with Crippen LogP contribution in [-0.2, 0) is 11.8 Å². The van der Waals surface area contributed by atoms with Crippen molar-refractivity contribution >= 4 is 11.9 Å². The maximum Gasteiger partial charge on any atom is 0.320 e. The second-order valence-electron chi connectivity index (χ2n) is 3.73. The number of aliphatic carboxylic acids is 1. The molecular formula is C10H16N4O3. The molecule has 1 aromatic heterocycles. The molecule has 0 spiro atoms. The largest absolute Gasteiger partial charge is 0.480 e. The van der Waals surface area contributed by atoms with Gasteiger partial charge in [0.15, 0.2) is 0 Å². The lowest BCUT2D eigenvalue weighted by Crippen LogP contribution is -2.32. The molecule has 0 fully saturated rings. The summed E-state index contributed by atoms with van der Waals surface area (Å²) in [4.78, 5) is 25.8. The molecule has 0 radical (unpaired) electrons. The summed E-state index contributed by atoms with van der Waals surface area (Å²) in [5.41, 5.74) is 5.79. The smallest absolute Gasteiger partial charge is 0.320 e. The first-order valence-corrected chi connectivity index (χ1v) is 5.25. The summed E-state index contributed by atoms with van der Waals surface area (Å²) in [6.07, 6.45) is 3.87. The molecule has 1 aromatic rings. The van der Waals surface area contributed by atoms with Gasteiger partial charge in [-0.25, -0.2) is 4.98 Å². The van der Waals surface area contributed by atoms with E-state index in [1.807, 2.05) is 0 Å². The number of rotatable bonds is 6. The molecule has 7 heteroatoms. The molecule has 1 atom stereocenters. The summed E-state index contributed by atoms with van der Waals surface area (Å²) >= 11 is 0. The summed E-state index contributed by atoms with van der Waals surface area (Å²) in [7, 11) is 1.72. The van der Waals surface area contributed by atoms with Crippen molar-refractivity contribution in [3.05, 3.63) is 18.2 Å². The topological polar surface area (TPSA) is 110 Å². The van der Waals surface area contributed by atoms with Gasteiger partial charge in [0.25, 0.3) is 5.91 Å². The highest BCUT2D eigenvalue weighted by atomic mass is 16.4. The third kappa shape index (κ3) is 3.87. The maximum atomic E-state index is 11.6. The van der Waals surface area contributed by atoms with Gasteiger partial charge in [0.1, 0.15) is 11.7 Å². The molecule has 0 bridgehead atoms. The van der Waals surface area contributed by atoms with Gasteiger partial charge in [-0.05, 0) is 12.8 Å². The number of aryl methyl sites for hydroxylation is 1. The SMILES string of the molecule is Cn1cncc1C(=O)NCCC[C@H](N)C(=O)O. The molecule has 0 aromatic carbocycles. The lowest BCUT2D eigenvalue weighted by Gasteiger charge is -2.07. The molecule has 0 aliphatic heterocycles. The van der Waals surface area contributed by atoms with Crippen molar-refractivity contribution < 1.29 is 14.7 Å². The minimum Gasteiger partial charge on any atom is -0.480 e. The number of amides is 1. The molecule has 0 aliphatic carbocycles. The molecule has 17 heavy (non-hydrogen) atoms. The van der Waals surface area contributed by atoms with E-state index in [9.17, 15) is 9.59 Å². The van der Waals surface area contributed by atoms with Crippen LogP contribution >= 0.6 is 0 Å². The highest BCUT2D eigenvalue weighted by molar-refractivity contribution is 5.92. The third-order valence-electron chi connectivity index (χ3n) is 2.34. The fraction of sp³-hybridized carbons (Fsp3) is 0.500. The fourth-order valence-electron chi connectivity index (χ4n) is 1.31. The Kier molecular flexibility index (Phi) is 4.65. The van der Waals surface area contributed by atoms with Crippen LogP contribution in [-0.4, -0.2) is 39.1 Å². The van der Waals surface area contributed by atoms with Crippen molar-refractivity contribution in [1.82, 2.24) is 14.9 Å². The van der Waals surface area contributed by atoms with E-state index in [1.165, 1.54) is 12.5 Å². The molecule has 7 nitrogen and oxygen atoms in total. The number of aromatic nitrogens is 2. The number of carbonyl (C=O) groups is 2. The van der Waals surface area contributed by atoms with E-state index in [2.05, 4.69) is 10.3 Å². The number of nitrogens with one attached hydrogen (secondary N) is 1. The van der Waals surface area contributed by atoms with Gasteiger partial charge < -0.3 is 20.7 Å². The Morgan fingerprint density at radius 3 is 2.88 bits per heavy atom. The molecule has 1 amide bonds. The Labute approximate surface area is 98.6 Å². The molecule has 4 N–H and O–H groups in total. The van der Waals surface area contributed by atoms with Crippen LogP contribution in [0.3, 0.4) is 0 Å². The van der Waals surface area contributed by atoms with Gasteiger partial charge in [-0.1, -0.05) is 0 Å². The van der Waals surface area contributed by atoms with Gasteiger partial charge in [-0.3, -0.25) is 9.59 Å². The maximum absolute atomic E-state index is 11.6. The Balaban J connectivity index is 2.26. The third-order valence-corrected chi connectivity index (χ3v) is 2.34. The zero-order chi connectivity index (χ0) is 12.8. The lowest BCUT2D eigenvalue weighted by molar-refractivity contribution is -0.138. The Hall–Kier alpha value is -1.89. The molecule has 1 heterocycles. The number of hydrogen-bond acceptors (Lipinski definition) is 4. The number of hydrogen-bond donors (Lipinski definition) is 3. The second kappa shape index (κ2) is 6.00. The van der Waals surface area contributed by atoms with Crippen molar-refractivity contribution in [3.63, 3.8) is 0 Å². The van der Waals surface area contributed by atoms with Crippen LogP contribution in [0.25, 0.3) is 0 Å². The second-order valence-corrected chi connectivity index (χ2v) is 3.73. The van der Waals surface area contributed by atoms with E-state index in [0.717, 1.165) is 0 Å². The van der Waals surface area contributed by atoms with Crippen molar-refractivity contribution in [1.29, 1.82) is 0 Å². The highest BCUT2D eigenvalue weighted by Gasteiger charge is 2.12. The van der Waals surface area contributed by atoms with Crippen LogP contribution in [0.2, 0.25) is 0 Å². The molecule has 0 aliphatic rings. The van der Waals surface area contributed by atoms with E-state index in [-0.39, 0.29) is 5.91 Å². The quantitative estimate of drug-likeness (QED) is 0.572. The first-order valence-electron chi connectivity index (χ1n) is 5.25. The molecule has 1 rings (SSSR count). The normalized spacial score (nSPS) is 12.1. The fourth-order valence-corrected chi connectivity index (χ4v) is 1.31. The van der Waals surface area contributed by atoms with Crippen LogP contribution in [0.1, 0.15) is 23.3 Å². The number of carbonyl (C=O) groups excluding carboxylic acids is 1. The molecule has 0 unspecified atom stereocenters. The van der Waals surface area contributed by atoms with Gasteiger partial charge in [0.2, 0.25) is 0 Å². The van der Waals surface area contributed by atoms with Gasteiger partial charge in [0.05, 0.1) is 12.5 Å². The molecule has 0 saturated carbocycles. The standard InChI is InChI=1S/C10H16N4O3/c1-14-6-12-5-8(14)9(15)13-4-2-3-7(11)10(16)17/h5-7H,2-4,11H2,1H3,(H,13,15)(H,16,17)/t7-/m0/s1. The number of nitrogens with zero attached hydrogens (tertiary/aromatic N) is 2. The van der Waals surface area contributed by atoms with Crippen molar-refractivity contribution in [3.8, 4) is 0 Å². The van der Waals surface area contributed by atoms with Crippen molar-refractivity contribution in [2.45, 2.75) is 18.9 Å². The van der Waals surface area contributed by atoms with Gasteiger partial charge in [-0.15, -0.1) is 0 Å². The Morgan fingerprint density at radius 1 is 1.65 bits per heavy atom. The summed E-state index contributed by atoms with van der Waals surface area (Å²) < 4.78 is 1.61. The Morgan fingerprint density at radius 2 is 2.35 bits per heavy atom. The Bertz CT molecular complexity index is 402.